The molecule has 0 aliphatic carbocycles. The quantitative estimate of drug-likeness (QED) is 0.661. The molecule has 7 heteroatoms. The fraction of sp³-hybridized carbons (Fsp3) is 0.400. The summed E-state index contributed by atoms with van der Waals surface area (Å²) >= 11 is 0. The maximum absolute atomic E-state index is 12.7. The van der Waals surface area contributed by atoms with Gasteiger partial charge in [-0.25, -0.2) is 4.79 Å². The van der Waals surface area contributed by atoms with E-state index in [2.05, 4.69) is 16.0 Å². The maximum Gasteiger partial charge on any atom is 0.331 e. The standard InChI is InChI=1S/C20H24N4O3/c1-4-11(2)24-19(26)15(18(25)22-20(24)27)17-16-13(9-10-23(17)3)12-7-5-6-8-14(12)21-16/h5-8,11,17,21,26H,4,9-10H2,1-3H3,(H,22,25,27)/t11-,17-/m1/s1. The number of nitrogens with zero attached hydrogens (tertiary/aromatic N) is 2. The van der Waals surface area contributed by atoms with Crippen LogP contribution in [0.5, 0.6) is 5.88 Å². The highest BCUT2D eigenvalue weighted by Crippen LogP contribution is 2.39. The van der Waals surface area contributed by atoms with E-state index >= 15 is 0 Å². The molecule has 7 nitrogen and oxygen atoms in total. The van der Waals surface area contributed by atoms with Crippen molar-refractivity contribution < 1.29 is 5.11 Å². The number of aromatic amines is 2. The van der Waals surface area contributed by atoms with Crippen LogP contribution in [0.15, 0.2) is 33.9 Å². The third-order valence-corrected chi connectivity index (χ3v) is 5.73. The first-order chi connectivity index (χ1) is 12.9. The summed E-state index contributed by atoms with van der Waals surface area (Å²) in [6.45, 7) is 4.53. The van der Waals surface area contributed by atoms with Crippen molar-refractivity contribution in [3.8, 4) is 5.88 Å². The summed E-state index contributed by atoms with van der Waals surface area (Å²) in [5, 5.41) is 12.1. The van der Waals surface area contributed by atoms with Crippen LogP contribution in [0.3, 0.4) is 0 Å². The van der Waals surface area contributed by atoms with Crippen molar-refractivity contribution in [2.45, 2.75) is 38.8 Å². The van der Waals surface area contributed by atoms with Crippen LogP contribution in [0, 0.1) is 0 Å². The van der Waals surface area contributed by atoms with E-state index in [1.165, 1.54) is 4.57 Å². The Morgan fingerprint density at radius 1 is 1.26 bits per heavy atom. The van der Waals surface area contributed by atoms with Gasteiger partial charge in [-0.3, -0.25) is 19.2 Å². The van der Waals surface area contributed by atoms with Gasteiger partial charge >= 0.3 is 5.69 Å². The van der Waals surface area contributed by atoms with Crippen LogP contribution in [0.2, 0.25) is 0 Å². The molecule has 1 aromatic carbocycles. The van der Waals surface area contributed by atoms with Crippen molar-refractivity contribution in [2.75, 3.05) is 13.6 Å². The lowest BCUT2D eigenvalue weighted by Gasteiger charge is -2.33. The maximum atomic E-state index is 12.7. The first-order valence-corrected chi connectivity index (χ1v) is 9.31. The van der Waals surface area contributed by atoms with Crippen molar-refractivity contribution in [1.82, 2.24) is 19.4 Å². The van der Waals surface area contributed by atoms with Crippen LogP contribution in [0.1, 0.15) is 49.2 Å². The first-order valence-electron chi connectivity index (χ1n) is 9.31. The number of fused-ring (bicyclic) bond motifs is 3. The van der Waals surface area contributed by atoms with E-state index in [9.17, 15) is 14.7 Å². The minimum absolute atomic E-state index is 0.213. The third kappa shape index (κ3) is 2.61. The molecule has 0 saturated heterocycles. The molecule has 1 aliphatic rings. The number of benzene rings is 1. The van der Waals surface area contributed by atoms with Crippen molar-refractivity contribution in [3.63, 3.8) is 0 Å². The number of hydrogen-bond acceptors (Lipinski definition) is 4. The lowest BCUT2D eigenvalue weighted by atomic mass is 9.93. The molecular weight excluding hydrogens is 344 g/mol. The van der Waals surface area contributed by atoms with Gasteiger partial charge in [0.05, 0.1) is 6.04 Å². The van der Waals surface area contributed by atoms with Crippen LogP contribution < -0.4 is 11.2 Å². The molecule has 0 spiro atoms. The molecule has 3 N–H and O–H groups in total. The normalized spacial score (nSPS) is 18.6. The summed E-state index contributed by atoms with van der Waals surface area (Å²) in [6.07, 6.45) is 1.52. The van der Waals surface area contributed by atoms with E-state index in [4.69, 9.17) is 0 Å². The number of likely N-dealkylation sites (N-methyl/N-ethyl adjacent to an activating group) is 1. The number of aromatic nitrogens is 3. The monoisotopic (exact) mass is 368 g/mol. The summed E-state index contributed by atoms with van der Waals surface area (Å²) in [7, 11) is 1.93. The molecule has 1 aliphatic heterocycles. The first kappa shape index (κ1) is 17.6. The largest absolute Gasteiger partial charge is 0.494 e. The highest BCUT2D eigenvalue weighted by Gasteiger charge is 2.34. The molecule has 4 rings (SSSR count). The molecule has 3 heterocycles. The molecular formula is C20H24N4O3. The number of H-pyrrole nitrogens is 2. The van der Waals surface area contributed by atoms with Crippen LogP contribution in [0.4, 0.5) is 0 Å². The number of nitrogens with one attached hydrogen (secondary N) is 2. The Kier molecular flexibility index (Phi) is 4.19. The minimum Gasteiger partial charge on any atom is -0.494 e. The van der Waals surface area contributed by atoms with Crippen LogP contribution in [-0.2, 0) is 6.42 Å². The molecule has 2 atom stereocenters. The molecule has 142 valence electrons. The van der Waals surface area contributed by atoms with Gasteiger partial charge in [0.2, 0.25) is 5.88 Å². The average Bonchev–Trinajstić information content (AvgIpc) is 3.01. The van der Waals surface area contributed by atoms with Gasteiger partial charge in [-0.1, -0.05) is 25.1 Å². The van der Waals surface area contributed by atoms with E-state index in [1.54, 1.807) is 0 Å². The molecule has 27 heavy (non-hydrogen) atoms. The molecule has 0 fully saturated rings. The third-order valence-electron chi connectivity index (χ3n) is 5.73. The second-order valence-corrected chi connectivity index (χ2v) is 7.32. The summed E-state index contributed by atoms with van der Waals surface area (Å²) in [6, 6.07) is 7.38. The van der Waals surface area contributed by atoms with Crippen molar-refractivity contribution in [3.05, 3.63) is 61.9 Å². The fourth-order valence-corrected chi connectivity index (χ4v) is 4.12. The Morgan fingerprint density at radius 3 is 2.74 bits per heavy atom. The smallest absolute Gasteiger partial charge is 0.331 e. The topological polar surface area (TPSA) is 94.1 Å². The predicted octanol–water partition coefficient (Wildman–Crippen LogP) is 2.27. The molecule has 0 bridgehead atoms. The van der Waals surface area contributed by atoms with Crippen LogP contribution in [0.25, 0.3) is 10.9 Å². The van der Waals surface area contributed by atoms with E-state index in [0.717, 1.165) is 35.1 Å². The molecule has 0 saturated carbocycles. The van der Waals surface area contributed by atoms with Gasteiger partial charge in [0.1, 0.15) is 5.56 Å². The second-order valence-electron chi connectivity index (χ2n) is 7.32. The highest BCUT2D eigenvalue weighted by atomic mass is 16.3. The SMILES string of the molecule is CC[C@@H](C)n1c(O)c([C@@H]2c3[nH]c4ccccc4c3CCN2C)c(=O)[nH]c1=O. The van der Waals surface area contributed by atoms with Gasteiger partial charge in [-0.05, 0) is 38.4 Å². The van der Waals surface area contributed by atoms with Crippen molar-refractivity contribution >= 4 is 10.9 Å². The zero-order chi connectivity index (χ0) is 19.3. The average molecular weight is 368 g/mol. The van der Waals surface area contributed by atoms with Gasteiger partial charge in [0.15, 0.2) is 0 Å². The van der Waals surface area contributed by atoms with Crippen LogP contribution in [-0.4, -0.2) is 38.1 Å². The van der Waals surface area contributed by atoms with E-state index in [-0.39, 0.29) is 17.5 Å². The molecule has 0 radical (unpaired) electrons. The lowest BCUT2D eigenvalue weighted by Crippen LogP contribution is -2.40. The Labute approximate surface area is 156 Å². The van der Waals surface area contributed by atoms with Gasteiger partial charge in [-0.2, -0.15) is 0 Å². The summed E-state index contributed by atoms with van der Waals surface area (Å²) in [5.41, 5.74) is 2.17. The fourth-order valence-electron chi connectivity index (χ4n) is 4.12. The van der Waals surface area contributed by atoms with Crippen molar-refractivity contribution in [1.29, 1.82) is 0 Å². The zero-order valence-corrected chi connectivity index (χ0v) is 15.7. The number of aromatic hydroxyl groups is 1. The van der Waals surface area contributed by atoms with E-state index in [0.29, 0.717) is 6.42 Å². The number of para-hydroxylation sites is 1. The van der Waals surface area contributed by atoms with Gasteiger partial charge in [0.25, 0.3) is 5.56 Å². The number of rotatable bonds is 3. The second kappa shape index (κ2) is 6.42. The predicted molar refractivity (Wildman–Crippen MR) is 104 cm³/mol. The van der Waals surface area contributed by atoms with Crippen LogP contribution >= 0.6 is 0 Å². The highest BCUT2D eigenvalue weighted by molar-refractivity contribution is 5.85. The Balaban J connectivity index is 2.00. The molecule has 2 aromatic heterocycles. The summed E-state index contributed by atoms with van der Waals surface area (Å²) in [5.74, 6) is -0.249. The Hall–Kier alpha value is -2.80. The van der Waals surface area contributed by atoms with E-state index < -0.39 is 17.3 Å². The van der Waals surface area contributed by atoms with Gasteiger partial charge in [-0.15, -0.1) is 0 Å². The molecule has 3 aromatic rings. The van der Waals surface area contributed by atoms with E-state index in [1.807, 2.05) is 44.0 Å². The van der Waals surface area contributed by atoms with Crippen molar-refractivity contribution in [2.24, 2.45) is 0 Å². The molecule has 0 unspecified atom stereocenters. The number of hydrogen-bond donors (Lipinski definition) is 3. The summed E-state index contributed by atoms with van der Waals surface area (Å²) in [4.78, 5) is 32.9. The lowest BCUT2D eigenvalue weighted by molar-refractivity contribution is 0.248. The Bertz CT molecular complexity index is 1120. The van der Waals surface area contributed by atoms with Gasteiger partial charge in [0, 0.05) is 29.2 Å². The molecule has 0 amide bonds. The minimum atomic E-state index is -0.578. The zero-order valence-electron chi connectivity index (χ0n) is 15.7. The van der Waals surface area contributed by atoms with Gasteiger partial charge < -0.3 is 10.1 Å². The Morgan fingerprint density at radius 2 is 2.00 bits per heavy atom. The summed E-state index contributed by atoms with van der Waals surface area (Å²) < 4.78 is 1.28.